The van der Waals surface area contributed by atoms with Gasteiger partial charge in [-0.1, -0.05) is 24.3 Å². The van der Waals surface area contributed by atoms with E-state index in [-0.39, 0.29) is 5.91 Å². The van der Waals surface area contributed by atoms with Crippen LogP contribution in [0.25, 0.3) is 21.9 Å². The Hall–Kier alpha value is -3.58. The third-order valence-electron chi connectivity index (χ3n) is 4.33. The Bertz CT molecular complexity index is 1130. The normalized spacial score (nSPS) is 12.6. The molecule has 0 aliphatic carbocycles. The summed E-state index contributed by atoms with van der Waals surface area (Å²) in [6.45, 7) is 0. The lowest BCUT2D eigenvalue weighted by atomic mass is 10.1. The first-order valence-corrected chi connectivity index (χ1v) is 8.55. The van der Waals surface area contributed by atoms with E-state index in [9.17, 15) is 4.79 Å². The molecule has 0 aliphatic heterocycles. The highest BCUT2D eigenvalue weighted by Gasteiger charge is 2.15. The van der Waals surface area contributed by atoms with E-state index in [1.807, 2.05) is 48.7 Å². The Balaban J connectivity index is 1.39. The third-order valence-corrected chi connectivity index (χ3v) is 4.33. The first-order valence-electron chi connectivity index (χ1n) is 8.55. The number of H-pyrrole nitrogens is 1. The minimum atomic E-state index is -0.691. The van der Waals surface area contributed by atoms with Crippen molar-refractivity contribution in [1.82, 2.24) is 20.4 Å². The molecule has 1 unspecified atom stereocenters. The zero-order valence-corrected chi connectivity index (χ0v) is 14.5. The molecule has 1 atom stereocenters. The summed E-state index contributed by atoms with van der Waals surface area (Å²) in [6, 6.07) is 12.8. The quantitative estimate of drug-likeness (QED) is 0.375. The van der Waals surface area contributed by atoms with Crippen molar-refractivity contribution in [3.63, 3.8) is 0 Å². The van der Waals surface area contributed by atoms with Gasteiger partial charge in [-0.15, -0.1) is 0 Å². The molecule has 2 heterocycles. The Morgan fingerprint density at radius 1 is 1.19 bits per heavy atom. The van der Waals surface area contributed by atoms with E-state index in [4.69, 9.17) is 5.73 Å². The van der Waals surface area contributed by atoms with Crippen LogP contribution in [-0.2, 0) is 11.2 Å². The van der Waals surface area contributed by atoms with E-state index in [0.29, 0.717) is 6.42 Å². The van der Waals surface area contributed by atoms with Crippen LogP contribution in [-0.4, -0.2) is 33.1 Å². The standard InChI is InChI=1S/C20H18N6O/c21-16(10-14-12-24-17-4-2-1-3-15(14)17)20(27)26-25-11-13-5-6-18-19(9-13)23-8-7-22-18/h1-9,11-12,16,24H,10,21H2,(H,26,27). The second kappa shape index (κ2) is 7.35. The van der Waals surface area contributed by atoms with Crippen molar-refractivity contribution in [2.45, 2.75) is 12.5 Å². The van der Waals surface area contributed by atoms with Gasteiger partial charge in [-0.2, -0.15) is 5.10 Å². The summed E-state index contributed by atoms with van der Waals surface area (Å²) in [5, 5.41) is 5.07. The maximum absolute atomic E-state index is 12.2. The first kappa shape index (κ1) is 16.9. The smallest absolute Gasteiger partial charge is 0.257 e. The van der Waals surface area contributed by atoms with Crippen molar-refractivity contribution in [3.8, 4) is 0 Å². The zero-order chi connectivity index (χ0) is 18.6. The number of nitrogens with one attached hydrogen (secondary N) is 2. The number of aromatic amines is 1. The molecule has 0 radical (unpaired) electrons. The molecule has 7 heteroatoms. The lowest BCUT2D eigenvalue weighted by Crippen LogP contribution is -2.39. The first-order chi connectivity index (χ1) is 13.2. The average Bonchev–Trinajstić information content (AvgIpc) is 3.11. The second-order valence-corrected chi connectivity index (χ2v) is 6.21. The molecule has 1 amide bonds. The molecule has 4 N–H and O–H groups in total. The van der Waals surface area contributed by atoms with Crippen LogP contribution in [0.15, 0.2) is 66.2 Å². The predicted molar refractivity (Wildman–Crippen MR) is 105 cm³/mol. The summed E-state index contributed by atoms with van der Waals surface area (Å²) in [7, 11) is 0. The van der Waals surface area contributed by atoms with Gasteiger partial charge in [0.1, 0.15) is 0 Å². The third kappa shape index (κ3) is 3.68. The summed E-state index contributed by atoms with van der Waals surface area (Å²) >= 11 is 0. The van der Waals surface area contributed by atoms with Gasteiger partial charge in [0.2, 0.25) is 0 Å². The fraction of sp³-hybridized carbons (Fsp3) is 0.100. The molecular formula is C20H18N6O. The van der Waals surface area contributed by atoms with Gasteiger partial charge in [-0.3, -0.25) is 14.8 Å². The van der Waals surface area contributed by atoms with Gasteiger partial charge in [-0.05, 0) is 35.7 Å². The number of carbonyl (C=O) groups excluding carboxylic acids is 1. The number of nitrogens with zero attached hydrogens (tertiary/aromatic N) is 3. The largest absolute Gasteiger partial charge is 0.361 e. The number of benzene rings is 2. The van der Waals surface area contributed by atoms with Crippen molar-refractivity contribution in [3.05, 3.63) is 72.2 Å². The van der Waals surface area contributed by atoms with Gasteiger partial charge in [0.15, 0.2) is 0 Å². The summed E-state index contributed by atoms with van der Waals surface area (Å²) < 4.78 is 0. The molecule has 4 rings (SSSR count). The van der Waals surface area contributed by atoms with Gasteiger partial charge in [0, 0.05) is 29.5 Å². The van der Waals surface area contributed by atoms with Crippen LogP contribution >= 0.6 is 0 Å². The minimum Gasteiger partial charge on any atom is -0.361 e. The van der Waals surface area contributed by atoms with Gasteiger partial charge in [0.05, 0.1) is 23.3 Å². The van der Waals surface area contributed by atoms with Gasteiger partial charge in [0.25, 0.3) is 5.91 Å². The average molecular weight is 358 g/mol. The van der Waals surface area contributed by atoms with Crippen LogP contribution in [0.5, 0.6) is 0 Å². The van der Waals surface area contributed by atoms with Gasteiger partial charge in [-0.25, -0.2) is 5.43 Å². The highest BCUT2D eigenvalue weighted by atomic mass is 16.2. The van der Waals surface area contributed by atoms with Crippen LogP contribution in [0.2, 0.25) is 0 Å². The molecule has 134 valence electrons. The number of fused-ring (bicyclic) bond motifs is 2. The van der Waals surface area contributed by atoms with Crippen molar-refractivity contribution < 1.29 is 4.79 Å². The zero-order valence-electron chi connectivity index (χ0n) is 14.5. The van der Waals surface area contributed by atoms with E-state index in [1.54, 1.807) is 18.6 Å². The molecule has 0 aliphatic rings. The molecule has 2 aromatic carbocycles. The number of carbonyl (C=O) groups is 1. The molecule has 2 aromatic heterocycles. The fourth-order valence-corrected chi connectivity index (χ4v) is 2.94. The molecule has 0 fully saturated rings. The van der Waals surface area contributed by atoms with E-state index >= 15 is 0 Å². The Labute approximate surface area is 155 Å². The molecule has 0 saturated carbocycles. The topological polar surface area (TPSA) is 109 Å². The molecule has 4 aromatic rings. The number of amides is 1. The number of nitrogens with two attached hydrogens (primary N) is 1. The van der Waals surface area contributed by atoms with Crippen LogP contribution in [0, 0.1) is 0 Å². The van der Waals surface area contributed by atoms with E-state index in [2.05, 4.69) is 25.5 Å². The van der Waals surface area contributed by atoms with Crippen LogP contribution in [0.3, 0.4) is 0 Å². The van der Waals surface area contributed by atoms with Crippen LogP contribution < -0.4 is 11.2 Å². The highest BCUT2D eigenvalue weighted by molar-refractivity contribution is 5.89. The predicted octanol–water partition coefficient (Wildman–Crippen LogP) is 2.13. The lowest BCUT2D eigenvalue weighted by molar-refractivity contribution is -0.122. The van der Waals surface area contributed by atoms with Crippen molar-refractivity contribution in [2.75, 3.05) is 0 Å². The van der Waals surface area contributed by atoms with Gasteiger partial charge < -0.3 is 10.7 Å². The maximum atomic E-state index is 12.2. The summed E-state index contributed by atoms with van der Waals surface area (Å²) in [5.41, 5.74) is 13.0. The van der Waals surface area contributed by atoms with E-state index in [1.165, 1.54) is 0 Å². The Morgan fingerprint density at radius 3 is 2.89 bits per heavy atom. The Morgan fingerprint density at radius 2 is 2.00 bits per heavy atom. The summed E-state index contributed by atoms with van der Waals surface area (Å²) in [5.74, 6) is -0.336. The van der Waals surface area contributed by atoms with Gasteiger partial charge >= 0.3 is 0 Å². The summed E-state index contributed by atoms with van der Waals surface area (Å²) in [4.78, 5) is 23.9. The molecule has 27 heavy (non-hydrogen) atoms. The second-order valence-electron chi connectivity index (χ2n) is 6.21. The van der Waals surface area contributed by atoms with E-state index < -0.39 is 6.04 Å². The number of hydrazone groups is 1. The molecule has 7 nitrogen and oxygen atoms in total. The maximum Gasteiger partial charge on any atom is 0.257 e. The van der Waals surface area contributed by atoms with Crippen molar-refractivity contribution in [1.29, 1.82) is 0 Å². The SMILES string of the molecule is NC(Cc1c[nH]c2ccccc12)C(=O)NN=Cc1ccc2nccnc2c1. The monoisotopic (exact) mass is 358 g/mol. The minimum absolute atomic E-state index is 0.336. The number of hydrogen-bond donors (Lipinski definition) is 3. The summed E-state index contributed by atoms with van der Waals surface area (Å²) in [6.07, 6.45) is 7.15. The van der Waals surface area contributed by atoms with Crippen molar-refractivity contribution >= 4 is 34.1 Å². The molecule has 0 spiro atoms. The number of para-hydroxylation sites is 1. The lowest BCUT2D eigenvalue weighted by Gasteiger charge is -2.09. The molecule has 0 bridgehead atoms. The van der Waals surface area contributed by atoms with Crippen LogP contribution in [0.4, 0.5) is 0 Å². The molecule has 0 saturated heterocycles. The fourth-order valence-electron chi connectivity index (χ4n) is 2.94. The number of hydrogen-bond acceptors (Lipinski definition) is 5. The Kier molecular flexibility index (Phi) is 4.59. The van der Waals surface area contributed by atoms with E-state index in [0.717, 1.165) is 33.1 Å². The number of aromatic nitrogens is 3. The molecular weight excluding hydrogens is 340 g/mol. The highest BCUT2D eigenvalue weighted by Crippen LogP contribution is 2.18. The number of rotatable bonds is 5. The van der Waals surface area contributed by atoms with Crippen molar-refractivity contribution in [2.24, 2.45) is 10.8 Å². The van der Waals surface area contributed by atoms with Crippen LogP contribution in [0.1, 0.15) is 11.1 Å².